The van der Waals surface area contributed by atoms with Gasteiger partial charge in [0, 0.05) is 37.9 Å². The molecular weight excluding hydrogens is 286 g/mol. The van der Waals surface area contributed by atoms with Crippen molar-refractivity contribution in [2.45, 2.75) is 38.1 Å². The van der Waals surface area contributed by atoms with Crippen LogP contribution in [0.3, 0.4) is 0 Å². The second-order valence-electron chi connectivity index (χ2n) is 7.58. The smallest absolute Gasteiger partial charge is 0.227 e. The average molecular weight is 313 g/mol. The largest absolute Gasteiger partial charge is 0.399 e. The molecule has 2 aliphatic carbocycles. The summed E-state index contributed by atoms with van der Waals surface area (Å²) in [6.07, 6.45) is 6.26. The van der Waals surface area contributed by atoms with Crippen LogP contribution in [-0.4, -0.2) is 47.9 Å². The number of nitrogens with two attached hydrogens (primary N) is 1. The molecule has 2 N–H and O–H groups in total. The van der Waals surface area contributed by atoms with Crippen molar-refractivity contribution in [1.82, 2.24) is 9.80 Å². The van der Waals surface area contributed by atoms with Crippen LogP contribution in [0.2, 0.25) is 0 Å². The number of nitrogen functional groups attached to an aromatic ring is 1. The molecular formula is C19H27N3O. The third kappa shape index (κ3) is 3.09. The summed E-state index contributed by atoms with van der Waals surface area (Å²) < 4.78 is 0. The molecule has 3 fully saturated rings. The van der Waals surface area contributed by atoms with E-state index in [1.165, 1.54) is 25.7 Å². The minimum absolute atomic E-state index is 0.252. The van der Waals surface area contributed by atoms with E-state index in [0.717, 1.165) is 55.3 Å². The molecule has 1 amide bonds. The van der Waals surface area contributed by atoms with Gasteiger partial charge in [-0.15, -0.1) is 0 Å². The molecule has 2 bridgehead atoms. The Kier molecular flexibility index (Phi) is 4.02. The lowest BCUT2D eigenvalue weighted by Gasteiger charge is -2.41. The number of amides is 1. The number of fused-ring (bicyclic) bond motifs is 2. The first-order chi connectivity index (χ1) is 11.2. The Bertz CT molecular complexity index is 562. The number of carbonyl (C=O) groups excluding carboxylic acids is 1. The summed E-state index contributed by atoms with van der Waals surface area (Å²) in [4.78, 5) is 17.2. The number of benzene rings is 1. The average Bonchev–Trinajstić information content (AvgIpc) is 3.20. The standard InChI is InChI=1S/C19H27N3O/c20-17-5-2-14(3-6-17)13-19(23)22-9-7-21(8-10-22)18-12-15-1-4-16(18)11-15/h2-3,5-6,15-16,18H,1,4,7-13,20H2. The van der Waals surface area contributed by atoms with Crippen molar-refractivity contribution in [3.63, 3.8) is 0 Å². The number of nitrogens with zero attached hydrogens (tertiary/aromatic N) is 2. The number of hydrogen-bond donors (Lipinski definition) is 1. The number of anilines is 1. The first-order valence-corrected chi connectivity index (χ1v) is 9.05. The summed E-state index contributed by atoms with van der Waals surface area (Å²) in [6, 6.07) is 8.46. The van der Waals surface area contributed by atoms with Crippen LogP contribution in [0.15, 0.2) is 24.3 Å². The maximum atomic E-state index is 12.5. The zero-order valence-electron chi connectivity index (χ0n) is 13.8. The molecule has 1 aliphatic heterocycles. The first kappa shape index (κ1) is 15.0. The van der Waals surface area contributed by atoms with Crippen LogP contribution >= 0.6 is 0 Å². The van der Waals surface area contributed by atoms with Gasteiger partial charge in [-0.2, -0.15) is 0 Å². The number of rotatable bonds is 3. The molecule has 4 nitrogen and oxygen atoms in total. The SMILES string of the molecule is Nc1ccc(CC(=O)N2CCN(C3CC4CCC3C4)CC2)cc1. The van der Waals surface area contributed by atoms with Crippen molar-refractivity contribution in [2.75, 3.05) is 31.9 Å². The van der Waals surface area contributed by atoms with E-state index in [4.69, 9.17) is 5.73 Å². The van der Waals surface area contributed by atoms with Gasteiger partial charge < -0.3 is 10.6 Å². The predicted octanol–water partition coefficient (Wildman–Crippen LogP) is 2.14. The minimum atomic E-state index is 0.252. The molecule has 1 aromatic rings. The van der Waals surface area contributed by atoms with Gasteiger partial charge in [0.2, 0.25) is 5.91 Å². The quantitative estimate of drug-likeness (QED) is 0.870. The zero-order valence-corrected chi connectivity index (χ0v) is 13.8. The second-order valence-corrected chi connectivity index (χ2v) is 7.58. The summed E-state index contributed by atoms with van der Waals surface area (Å²) in [5.74, 6) is 2.19. The molecule has 4 rings (SSSR count). The fraction of sp³-hybridized carbons (Fsp3) is 0.632. The van der Waals surface area contributed by atoms with Gasteiger partial charge in [-0.1, -0.05) is 18.6 Å². The fourth-order valence-electron chi connectivity index (χ4n) is 4.88. The van der Waals surface area contributed by atoms with Crippen molar-refractivity contribution in [3.05, 3.63) is 29.8 Å². The maximum absolute atomic E-state index is 12.5. The number of carbonyl (C=O) groups is 1. The lowest BCUT2D eigenvalue weighted by Crippen LogP contribution is -2.53. The van der Waals surface area contributed by atoms with Crippen molar-refractivity contribution >= 4 is 11.6 Å². The molecule has 124 valence electrons. The molecule has 3 aliphatic rings. The summed E-state index contributed by atoms with van der Waals surface area (Å²) in [5, 5.41) is 0. The Balaban J connectivity index is 1.29. The van der Waals surface area contributed by atoms with Gasteiger partial charge in [0.1, 0.15) is 0 Å². The highest BCUT2D eigenvalue weighted by atomic mass is 16.2. The highest BCUT2D eigenvalue weighted by Gasteiger charge is 2.42. The van der Waals surface area contributed by atoms with Crippen molar-refractivity contribution in [2.24, 2.45) is 11.8 Å². The van der Waals surface area contributed by atoms with Crippen LogP contribution in [0.5, 0.6) is 0 Å². The Morgan fingerprint density at radius 2 is 1.78 bits per heavy atom. The summed E-state index contributed by atoms with van der Waals surface area (Å²) >= 11 is 0. The molecule has 1 aromatic carbocycles. The Labute approximate surface area is 138 Å². The molecule has 0 spiro atoms. The molecule has 3 unspecified atom stereocenters. The van der Waals surface area contributed by atoms with E-state index < -0.39 is 0 Å². The van der Waals surface area contributed by atoms with Gasteiger partial charge in [0.15, 0.2) is 0 Å². The molecule has 0 aromatic heterocycles. The summed E-state index contributed by atoms with van der Waals surface area (Å²) in [5.41, 5.74) is 7.51. The third-order valence-corrected chi connectivity index (χ3v) is 6.17. The Morgan fingerprint density at radius 3 is 2.39 bits per heavy atom. The van der Waals surface area contributed by atoms with Crippen LogP contribution in [0.1, 0.15) is 31.2 Å². The van der Waals surface area contributed by atoms with Crippen molar-refractivity contribution in [1.29, 1.82) is 0 Å². The summed E-state index contributed by atoms with van der Waals surface area (Å²) in [6.45, 7) is 3.89. The Hall–Kier alpha value is -1.55. The minimum Gasteiger partial charge on any atom is -0.399 e. The van der Waals surface area contributed by atoms with E-state index in [1.54, 1.807) is 0 Å². The number of piperazine rings is 1. The molecule has 23 heavy (non-hydrogen) atoms. The van der Waals surface area contributed by atoms with E-state index in [1.807, 2.05) is 29.2 Å². The highest BCUT2D eigenvalue weighted by Crippen LogP contribution is 2.46. The van der Waals surface area contributed by atoms with Crippen LogP contribution < -0.4 is 5.73 Å². The van der Waals surface area contributed by atoms with Gasteiger partial charge in [-0.3, -0.25) is 9.69 Å². The number of hydrogen-bond acceptors (Lipinski definition) is 3. The van der Waals surface area contributed by atoms with E-state index in [-0.39, 0.29) is 5.91 Å². The topological polar surface area (TPSA) is 49.6 Å². The van der Waals surface area contributed by atoms with Crippen LogP contribution in [0.4, 0.5) is 5.69 Å². The van der Waals surface area contributed by atoms with Crippen LogP contribution in [0.25, 0.3) is 0 Å². The molecule has 2 saturated carbocycles. The van der Waals surface area contributed by atoms with Gasteiger partial charge in [0.05, 0.1) is 6.42 Å². The fourth-order valence-corrected chi connectivity index (χ4v) is 4.88. The lowest BCUT2D eigenvalue weighted by molar-refractivity contribution is -0.132. The zero-order chi connectivity index (χ0) is 15.8. The van der Waals surface area contributed by atoms with Gasteiger partial charge in [0.25, 0.3) is 0 Å². The lowest BCUT2D eigenvalue weighted by atomic mass is 9.93. The van der Waals surface area contributed by atoms with Gasteiger partial charge in [-0.05, 0) is 48.8 Å². The second kappa shape index (κ2) is 6.16. The van der Waals surface area contributed by atoms with Crippen LogP contribution in [0, 0.1) is 11.8 Å². The predicted molar refractivity (Wildman–Crippen MR) is 91.9 cm³/mol. The van der Waals surface area contributed by atoms with E-state index in [9.17, 15) is 4.79 Å². The van der Waals surface area contributed by atoms with E-state index in [2.05, 4.69) is 4.90 Å². The van der Waals surface area contributed by atoms with Gasteiger partial charge in [-0.25, -0.2) is 0 Å². The molecule has 1 heterocycles. The normalized spacial score (nSPS) is 30.8. The van der Waals surface area contributed by atoms with E-state index >= 15 is 0 Å². The van der Waals surface area contributed by atoms with Crippen molar-refractivity contribution in [3.8, 4) is 0 Å². The Morgan fingerprint density at radius 1 is 1.04 bits per heavy atom. The molecule has 1 saturated heterocycles. The third-order valence-electron chi connectivity index (χ3n) is 6.17. The summed E-state index contributed by atoms with van der Waals surface area (Å²) in [7, 11) is 0. The highest BCUT2D eigenvalue weighted by molar-refractivity contribution is 5.79. The molecule has 3 atom stereocenters. The monoisotopic (exact) mass is 313 g/mol. The van der Waals surface area contributed by atoms with Gasteiger partial charge >= 0.3 is 0 Å². The molecule has 0 radical (unpaired) electrons. The van der Waals surface area contributed by atoms with E-state index in [0.29, 0.717) is 6.42 Å². The van der Waals surface area contributed by atoms with Crippen molar-refractivity contribution < 1.29 is 4.79 Å². The first-order valence-electron chi connectivity index (χ1n) is 9.05. The maximum Gasteiger partial charge on any atom is 0.227 e. The molecule has 4 heteroatoms. The van der Waals surface area contributed by atoms with Crippen LogP contribution in [-0.2, 0) is 11.2 Å².